The Bertz CT molecular complexity index is 529. The van der Waals surface area contributed by atoms with Crippen LogP contribution in [0.25, 0.3) is 11.5 Å². The number of aromatic nitrogens is 1. The van der Waals surface area contributed by atoms with Gasteiger partial charge in [0.2, 0.25) is 5.89 Å². The van der Waals surface area contributed by atoms with E-state index in [-0.39, 0.29) is 12.7 Å². The molecule has 19 heavy (non-hydrogen) atoms. The molecule has 0 saturated carbocycles. The molecular formula is C15H19NO3. The monoisotopic (exact) mass is 261 g/mol. The molecule has 1 aromatic carbocycles. The van der Waals surface area contributed by atoms with Gasteiger partial charge in [0.25, 0.3) is 0 Å². The van der Waals surface area contributed by atoms with Gasteiger partial charge in [0, 0.05) is 18.6 Å². The number of aliphatic hydroxyl groups excluding tert-OH is 1. The van der Waals surface area contributed by atoms with Crippen LogP contribution in [0.5, 0.6) is 5.75 Å². The van der Waals surface area contributed by atoms with E-state index in [1.54, 1.807) is 0 Å². The van der Waals surface area contributed by atoms with Gasteiger partial charge in [-0.3, -0.25) is 0 Å². The van der Waals surface area contributed by atoms with Crippen LogP contribution in [0, 0.1) is 6.92 Å². The van der Waals surface area contributed by atoms with Crippen LogP contribution < -0.4 is 4.74 Å². The summed E-state index contributed by atoms with van der Waals surface area (Å²) in [5.74, 6) is 2.17. The van der Waals surface area contributed by atoms with E-state index in [1.807, 2.05) is 45.0 Å². The number of aliphatic hydroxyl groups is 1. The summed E-state index contributed by atoms with van der Waals surface area (Å²) >= 11 is 0. The van der Waals surface area contributed by atoms with Gasteiger partial charge in [0.05, 0.1) is 11.8 Å². The van der Waals surface area contributed by atoms with Gasteiger partial charge >= 0.3 is 0 Å². The first-order valence-corrected chi connectivity index (χ1v) is 6.44. The molecule has 0 unspecified atom stereocenters. The molecule has 0 amide bonds. The lowest BCUT2D eigenvalue weighted by molar-refractivity contribution is 0.242. The van der Waals surface area contributed by atoms with Crippen LogP contribution >= 0.6 is 0 Å². The summed E-state index contributed by atoms with van der Waals surface area (Å²) in [6.45, 7) is 5.92. The lowest BCUT2D eigenvalue weighted by Crippen LogP contribution is -2.05. The third-order valence-corrected chi connectivity index (χ3v) is 2.71. The van der Waals surface area contributed by atoms with Crippen molar-refractivity contribution in [3.05, 3.63) is 35.7 Å². The molecule has 1 aromatic heterocycles. The van der Waals surface area contributed by atoms with Gasteiger partial charge < -0.3 is 14.3 Å². The van der Waals surface area contributed by atoms with E-state index < -0.39 is 0 Å². The molecule has 1 N–H and O–H groups in total. The van der Waals surface area contributed by atoms with Crippen LogP contribution in [0.1, 0.15) is 25.3 Å². The summed E-state index contributed by atoms with van der Waals surface area (Å²) in [6.07, 6.45) is 0.676. The highest BCUT2D eigenvalue weighted by Gasteiger charge is 2.11. The fourth-order valence-electron chi connectivity index (χ4n) is 1.84. The molecule has 4 nitrogen and oxygen atoms in total. The molecule has 2 rings (SSSR count). The number of nitrogens with zero attached hydrogens (tertiary/aromatic N) is 1. The number of hydrogen-bond acceptors (Lipinski definition) is 4. The summed E-state index contributed by atoms with van der Waals surface area (Å²) in [7, 11) is 0. The molecule has 0 aliphatic carbocycles. The van der Waals surface area contributed by atoms with Crippen molar-refractivity contribution in [2.45, 2.75) is 33.3 Å². The summed E-state index contributed by atoms with van der Waals surface area (Å²) < 4.78 is 11.2. The van der Waals surface area contributed by atoms with E-state index in [0.29, 0.717) is 12.3 Å². The second-order valence-electron chi connectivity index (χ2n) is 4.69. The highest BCUT2D eigenvalue weighted by atomic mass is 16.5. The molecule has 0 spiro atoms. The minimum Gasteiger partial charge on any atom is -0.491 e. The van der Waals surface area contributed by atoms with Gasteiger partial charge in [-0.1, -0.05) is 0 Å². The van der Waals surface area contributed by atoms with Gasteiger partial charge in [0.1, 0.15) is 11.5 Å². The molecule has 0 atom stereocenters. The van der Waals surface area contributed by atoms with Gasteiger partial charge in [0.15, 0.2) is 0 Å². The van der Waals surface area contributed by atoms with Crippen LogP contribution in [0.2, 0.25) is 0 Å². The zero-order valence-electron chi connectivity index (χ0n) is 11.5. The Morgan fingerprint density at radius 1 is 1.26 bits per heavy atom. The Morgan fingerprint density at radius 2 is 1.95 bits per heavy atom. The molecule has 102 valence electrons. The summed E-state index contributed by atoms with van der Waals surface area (Å²) in [5, 5.41) is 8.95. The molecule has 0 radical (unpaired) electrons. The van der Waals surface area contributed by atoms with E-state index in [9.17, 15) is 0 Å². The number of rotatable bonds is 5. The highest BCUT2D eigenvalue weighted by Crippen LogP contribution is 2.24. The molecule has 0 aliphatic heterocycles. The number of benzene rings is 1. The Labute approximate surface area is 113 Å². The normalized spacial score (nSPS) is 11.0. The quantitative estimate of drug-likeness (QED) is 0.899. The zero-order valence-corrected chi connectivity index (χ0v) is 11.5. The third kappa shape index (κ3) is 3.35. The van der Waals surface area contributed by atoms with Gasteiger partial charge in [-0.2, -0.15) is 0 Å². The number of aryl methyl sites for hydroxylation is 1. The zero-order chi connectivity index (χ0) is 13.8. The average molecular weight is 261 g/mol. The fraction of sp³-hybridized carbons (Fsp3) is 0.400. The van der Waals surface area contributed by atoms with Crippen molar-refractivity contribution in [3.8, 4) is 17.2 Å². The summed E-state index contributed by atoms with van der Waals surface area (Å²) in [4.78, 5) is 4.39. The van der Waals surface area contributed by atoms with Crippen molar-refractivity contribution in [3.63, 3.8) is 0 Å². The first kappa shape index (κ1) is 13.6. The molecule has 2 aromatic rings. The Balaban J connectivity index is 2.19. The molecule has 0 bridgehead atoms. The Kier molecular flexibility index (Phi) is 4.22. The van der Waals surface area contributed by atoms with Crippen LogP contribution in [0.4, 0.5) is 0 Å². The predicted octanol–water partition coefficient (Wildman–Crippen LogP) is 2.97. The van der Waals surface area contributed by atoms with E-state index in [0.717, 1.165) is 22.8 Å². The van der Waals surface area contributed by atoms with Crippen molar-refractivity contribution in [2.75, 3.05) is 6.61 Å². The number of hydrogen-bond donors (Lipinski definition) is 1. The number of oxazole rings is 1. The SMILES string of the molecule is Cc1oc(-c2ccc(OC(C)C)cc2)nc1CCO. The van der Waals surface area contributed by atoms with E-state index >= 15 is 0 Å². The van der Waals surface area contributed by atoms with Gasteiger partial charge in [-0.15, -0.1) is 0 Å². The fourth-order valence-corrected chi connectivity index (χ4v) is 1.84. The second kappa shape index (κ2) is 5.89. The first-order chi connectivity index (χ1) is 9.10. The third-order valence-electron chi connectivity index (χ3n) is 2.71. The maximum absolute atomic E-state index is 8.95. The van der Waals surface area contributed by atoms with E-state index in [1.165, 1.54) is 0 Å². The summed E-state index contributed by atoms with van der Waals surface area (Å²) in [6, 6.07) is 7.65. The highest BCUT2D eigenvalue weighted by molar-refractivity contribution is 5.55. The minimum atomic E-state index is 0.0774. The lowest BCUT2D eigenvalue weighted by atomic mass is 10.2. The molecular weight excluding hydrogens is 242 g/mol. The average Bonchev–Trinajstić information content (AvgIpc) is 2.72. The smallest absolute Gasteiger partial charge is 0.226 e. The molecule has 1 heterocycles. The van der Waals surface area contributed by atoms with Crippen molar-refractivity contribution in [1.29, 1.82) is 0 Å². The van der Waals surface area contributed by atoms with Crippen molar-refractivity contribution in [1.82, 2.24) is 4.98 Å². The standard InChI is InChI=1S/C15H19NO3/c1-10(2)18-13-6-4-12(5-7-13)15-16-14(8-9-17)11(3)19-15/h4-7,10,17H,8-9H2,1-3H3. The maximum Gasteiger partial charge on any atom is 0.226 e. The minimum absolute atomic E-state index is 0.0774. The van der Waals surface area contributed by atoms with Crippen molar-refractivity contribution >= 4 is 0 Å². The Morgan fingerprint density at radius 3 is 2.53 bits per heavy atom. The van der Waals surface area contributed by atoms with Crippen molar-refractivity contribution in [2.24, 2.45) is 0 Å². The predicted molar refractivity (Wildman–Crippen MR) is 73.2 cm³/mol. The molecule has 0 saturated heterocycles. The van der Waals surface area contributed by atoms with Crippen LogP contribution in [0.15, 0.2) is 28.7 Å². The van der Waals surface area contributed by atoms with Crippen LogP contribution in [-0.4, -0.2) is 22.8 Å². The number of ether oxygens (including phenoxy) is 1. The van der Waals surface area contributed by atoms with Gasteiger partial charge in [-0.25, -0.2) is 4.98 Å². The first-order valence-electron chi connectivity index (χ1n) is 6.44. The second-order valence-corrected chi connectivity index (χ2v) is 4.69. The van der Waals surface area contributed by atoms with Crippen LogP contribution in [0.3, 0.4) is 0 Å². The topological polar surface area (TPSA) is 55.5 Å². The molecule has 4 heteroatoms. The Hall–Kier alpha value is -1.81. The largest absolute Gasteiger partial charge is 0.491 e. The molecule has 0 aliphatic rings. The maximum atomic E-state index is 8.95. The lowest BCUT2D eigenvalue weighted by Gasteiger charge is -2.09. The van der Waals surface area contributed by atoms with E-state index in [2.05, 4.69) is 4.98 Å². The van der Waals surface area contributed by atoms with Crippen LogP contribution in [-0.2, 0) is 6.42 Å². The van der Waals surface area contributed by atoms with Gasteiger partial charge in [-0.05, 0) is 45.0 Å². The van der Waals surface area contributed by atoms with E-state index in [4.69, 9.17) is 14.3 Å². The molecule has 0 fully saturated rings. The summed E-state index contributed by atoms with van der Waals surface area (Å²) in [5.41, 5.74) is 1.71. The van der Waals surface area contributed by atoms with Crippen molar-refractivity contribution < 1.29 is 14.3 Å².